The number of benzene rings is 2. The van der Waals surface area contributed by atoms with Crippen LogP contribution in [0.3, 0.4) is 0 Å². The molecule has 0 radical (unpaired) electrons. The first-order chi connectivity index (χ1) is 11.7. The standard InChI is InChI=1S/C19H18FN3O/c20-16-3-1-5-18(11-16)23-10-2-4-17(13-23)22-19(24)15-8-6-14(12-21)7-9-15/h1,3,5-9,11,17H,2,4,10,13H2,(H,22,24). The number of nitriles is 1. The number of nitrogens with one attached hydrogen (secondary N) is 1. The van der Waals surface area contributed by atoms with E-state index < -0.39 is 0 Å². The van der Waals surface area contributed by atoms with Crippen LogP contribution in [0.2, 0.25) is 0 Å². The van der Waals surface area contributed by atoms with Gasteiger partial charge in [-0.1, -0.05) is 6.07 Å². The number of hydrogen-bond acceptors (Lipinski definition) is 3. The molecule has 0 aromatic heterocycles. The zero-order valence-corrected chi connectivity index (χ0v) is 13.2. The lowest BCUT2D eigenvalue weighted by Crippen LogP contribution is -2.47. The molecule has 1 heterocycles. The molecule has 2 aromatic carbocycles. The van der Waals surface area contributed by atoms with Gasteiger partial charge in [0.05, 0.1) is 11.6 Å². The van der Waals surface area contributed by atoms with E-state index in [2.05, 4.69) is 10.2 Å². The number of hydrogen-bond donors (Lipinski definition) is 1. The Morgan fingerprint density at radius 1 is 1.25 bits per heavy atom. The van der Waals surface area contributed by atoms with Crippen LogP contribution in [0, 0.1) is 17.1 Å². The highest BCUT2D eigenvalue weighted by molar-refractivity contribution is 5.94. The van der Waals surface area contributed by atoms with E-state index in [0.29, 0.717) is 17.7 Å². The van der Waals surface area contributed by atoms with Gasteiger partial charge in [-0.25, -0.2) is 4.39 Å². The molecule has 1 aliphatic heterocycles. The Morgan fingerprint density at radius 2 is 2.04 bits per heavy atom. The van der Waals surface area contributed by atoms with Gasteiger partial charge < -0.3 is 10.2 Å². The van der Waals surface area contributed by atoms with Gasteiger partial charge in [-0.15, -0.1) is 0 Å². The van der Waals surface area contributed by atoms with Gasteiger partial charge in [0.25, 0.3) is 5.91 Å². The number of carbonyl (C=O) groups is 1. The van der Waals surface area contributed by atoms with Crippen molar-refractivity contribution in [1.29, 1.82) is 5.26 Å². The number of rotatable bonds is 3. The Labute approximate surface area is 140 Å². The Bertz CT molecular complexity index is 767. The van der Waals surface area contributed by atoms with Crippen LogP contribution in [-0.4, -0.2) is 25.0 Å². The number of halogens is 1. The molecule has 0 saturated carbocycles. The summed E-state index contributed by atoms with van der Waals surface area (Å²) in [7, 11) is 0. The lowest BCUT2D eigenvalue weighted by molar-refractivity contribution is 0.0933. The number of piperidine rings is 1. The first kappa shape index (κ1) is 16.0. The molecule has 1 amide bonds. The predicted octanol–water partition coefficient (Wildman–Crippen LogP) is 3.10. The molecule has 2 aromatic rings. The second kappa shape index (κ2) is 7.14. The van der Waals surface area contributed by atoms with Crippen molar-refractivity contribution in [2.75, 3.05) is 18.0 Å². The minimum atomic E-state index is -0.253. The third kappa shape index (κ3) is 3.72. The van der Waals surface area contributed by atoms with Crippen LogP contribution in [0.4, 0.5) is 10.1 Å². The van der Waals surface area contributed by atoms with E-state index >= 15 is 0 Å². The summed E-state index contributed by atoms with van der Waals surface area (Å²) in [5, 5.41) is 11.8. The quantitative estimate of drug-likeness (QED) is 0.944. The van der Waals surface area contributed by atoms with Crippen molar-refractivity contribution in [1.82, 2.24) is 5.32 Å². The average molecular weight is 323 g/mol. The normalized spacial score (nSPS) is 17.2. The summed E-state index contributed by atoms with van der Waals surface area (Å²) in [6, 6.07) is 15.2. The maximum atomic E-state index is 13.4. The molecule has 5 heteroatoms. The van der Waals surface area contributed by atoms with Crippen molar-refractivity contribution in [2.45, 2.75) is 18.9 Å². The first-order valence-electron chi connectivity index (χ1n) is 7.97. The highest BCUT2D eigenvalue weighted by Gasteiger charge is 2.22. The van der Waals surface area contributed by atoms with Crippen LogP contribution in [0.25, 0.3) is 0 Å². The van der Waals surface area contributed by atoms with Crippen molar-refractivity contribution in [2.24, 2.45) is 0 Å². The molecular weight excluding hydrogens is 305 g/mol. The van der Waals surface area contributed by atoms with E-state index in [1.54, 1.807) is 30.3 Å². The van der Waals surface area contributed by atoms with E-state index in [4.69, 9.17) is 5.26 Å². The van der Waals surface area contributed by atoms with Crippen molar-refractivity contribution >= 4 is 11.6 Å². The monoisotopic (exact) mass is 323 g/mol. The topological polar surface area (TPSA) is 56.1 Å². The van der Waals surface area contributed by atoms with Crippen molar-refractivity contribution in [3.05, 3.63) is 65.5 Å². The molecular formula is C19H18FN3O. The Hall–Kier alpha value is -2.87. The fourth-order valence-electron chi connectivity index (χ4n) is 2.97. The van der Waals surface area contributed by atoms with Crippen molar-refractivity contribution in [3.63, 3.8) is 0 Å². The lowest BCUT2D eigenvalue weighted by atomic mass is 10.0. The third-order valence-electron chi connectivity index (χ3n) is 4.21. The minimum Gasteiger partial charge on any atom is -0.369 e. The maximum absolute atomic E-state index is 13.4. The molecule has 1 saturated heterocycles. The zero-order valence-electron chi connectivity index (χ0n) is 13.2. The number of nitrogens with zero attached hydrogens (tertiary/aromatic N) is 2. The SMILES string of the molecule is N#Cc1ccc(C(=O)NC2CCCN(c3cccc(F)c3)C2)cc1. The first-order valence-corrected chi connectivity index (χ1v) is 7.97. The van der Waals surface area contributed by atoms with Gasteiger partial charge in [0.1, 0.15) is 5.82 Å². The third-order valence-corrected chi connectivity index (χ3v) is 4.21. The second-order valence-electron chi connectivity index (χ2n) is 5.93. The molecule has 1 atom stereocenters. The van der Waals surface area contributed by atoms with E-state index in [0.717, 1.165) is 25.1 Å². The summed E-state index contributed by atoms with van der Waals surface area (Å²) < 4.78 is 13.4. The molecule has 1 N–H and O–H groups in total. The van der Waals surface area contributed by atoms with E-state index in [9.17, 15) is 9.18 Å². The van der Waals surface area contributed by atoms with Gasteiger partial charge >= 0.3 is 0 Å². The van der Waals surface area contributed by atoms with Crippen LogP contribution in [0.1, 0.15) is 28.8 Å². The van der Waals surface area contributed by atoms with E-state index in [1.807, 2.05) is 12.1 Å². The fraction of sp³-hybridized carbons (Fsp3) is 0.263. The molecule has 1 aliphatic rings. The summed E-state index contributed by atoms with van der Waals surface area (Å²) in [4.78, 5) is 14.4. The van der Waals surface area contributed by atoms with E-state index in [-0.39, 0.29) is 17.8 Å². The smallest absolute Gasteiger partial charge is 0.251 e. The molecule has 1 fully saturated rings. The summed E-state index contributed by atoms with van der Waals surface area (Å²) in [5.41, 5.74) is 1.91. The van der Waals surface area contributed by atoms with E-state index in [1.165, 1.54) is 12.1 Å². The molecule has 4 nitrogen and oxygen atoms in total. The Morgan fingerprint density at radius 3 is 2.75 bits per heavy atom. The Kier molecular flexibility index (Phi) is 4.76. The van der Waals surface area contributed by atoms with Crippen molar-refractivity contribution in [3.8, 4) is 6.07 Å². The number of anilines is 1. The molecule has 24 heavy (non-hydrogen) atoms. The molecule has 0 bridgehead atoms. The average Bonchev–Trinajstić information content (AvgIpc) is 2.62. The van der Waals surface area contributed by atoms with Crippen LogP contribution < -0.4 is 10.2 Å². The molecule has 0 spiro atoms. The second-order valence-corrected chi connectivity index (χ2v) is 5.93. The van der Waals surface area contributed by atoms with Crippen LogP contribution in [0.5, 0.6) is 0 Å². The summed E-state index contributed by atoms with van der Waals surface area (Å²) >= 11 is 0. The zero-order chi connectivity index (χ0) is 16.9. The lowest BCUT2D eigenvalue weighted by Gasteiger charge is -2.34. The Balaban J connectivity index is 1.64. The highest BCUT2D eigenvalue weighted by atomic mass is 19.1. The van der Waals surface area contributed by atoms with Gasteiger partial charge in [-0.05, 0) is 55.3 Å². The molecule has 1 unspecified atom stereocenters. The molecule has 3 rings (SSSR count). The van der Waals surface area contributed by atoms with Gasteiger partial charge in [0.2, 0.25) is 0 Å². The fourth-order valence-corrected chi connectivity index (χ4v) is 2.97. The maximum Gasteiger partial charge on any atom is 0.251 e. The van der Waals surface area contributed by atoms with Gasteiger partial charge in [0, 0.05) is 30.4 Å². The molecule has 0 aliphatic carbocycles. The highest BCUT2D eigenvalue weighted by Crippen LogP contribution is 2.21. The predicted molar refractivity (Wildman–Crippen MR) is 90.3 cm³/mol. The van der Waals surface area contributed by atoms with Crippen LogP contribution in [-0.2, 0) is 0 Å². The summed E-state index contributed by atoms with van der Waals surface area (Å²) in [5.74, 6) is -0.401. The van der Waals surface area contributed by atoms with Crippen molar-refractivity contribution < 1.29 is 9.18 Å². The number of carbonyl (C=O) groups excluding carboxylic acids is 1. The largest absolute Gasteiger partial charge is 0.369 e. The summed E-state index contributed by atoms with van der Waals surface area (Å²) in [6.45, 7) is 1.51. The van der Waals surface area contributed by atoms with Crippen LogP contribution in [0.15, 0.2) is 48.5 Å². The minimum absolute atomic E-state index is 0.0187. The van der Waals surface area contributed by atoms with Crippen LogP contribution >= 0.6 is 0 Å². The summed E-state index contributed by atoms with van der Waals surface area (Å²) in [6.07, 6.45) is 1.84. The molecule has 122 valence electrons. The van der Waals surface area contributed by atoms with Gasteiger partial charge in [-0.3, -0.25) is 4.79 Å². The number of amides is 1. The van der Waals surface area contributed by atoms with Gasteiger partial charge in [0.15, 0.2) is 0 Å². The van der Waals surface area contributed by atoms with Gasteiger partial charge in [-0.2, -0.15) is 5.26 Å².